The van der Waals surface area contributed by atoms with Gasteiger partial charge in [0.2, 0.25) is 0 Å². The van der Waals surface area contributed by atoms with Crippen LogP contribution in [0, 0.1) is 0 Å². The molecule has 1 aliphatic rings. The topological polar surface area (TPSA) is 9.23 Å². The summed E-state index contributed by atoms with van der Waals surface area (Å²) in [7, 11) is 1.73. The Labute approximate surface area is 148 Å². The predicted molar refractivity (Wildman–Crippen MR) is 105 cm³/mol. The van der Waals surface area contributed by atoms with E-state index in [4.69, 9.17) is 4.74 Å². The third-order valence-corrected chi connectivity index (χ3v) is 4.68. The van der Waals surface area contributed by atoms with E-state index in [1.807, 2.05) is 12.1 Å². The van der Waals surface area contributed by atoms with Gasteiger partial charge in [0.15, 0.2) is 0 Å². The number of para-hydroxylation sites is 1. The molecule has 1 nitrogen and oxygen atoms in total. The zero-order chi connectivity index (χ0) is 17.1. The number of hydrogen-bond acceptors (Lipinski definition) is 1. The molecule has 4 rings (SSSR count). The molecule has 3 aromatic carbocycles. The van der Waals surface area contributed by atoms with Crippen molar-refractivity contribution in [1.29, 1.82) is 0 Å². The second kappa shape index (κ2) is 6.82. The maximum Gasteiger partial charge on any atom is 0.126 e. The van der Waals surface area contributed by atoms with Crippen LogP contribution in [0.15, 0.2) is 97.1 Å². The summed E-state index contributed by atoms with van der Waals surface area (Å²) >= 11 is 0. The van der Waals surface area contributed by atoms with E-state index in [0.717, 1.165) is 11.3 Å². The molecular formula is C24H20O. The van der Waals surface area contributed by atoms with Crippen molar-refractivity contribution in [3.8, 4) is 5.75 Å². The van der Waals surface area contributed by atoms with Crippen LogP contribution in [0.4, 0.5) is 0 Å². The van der Waals surface area contributed by atoms with Crippen molar-refractivity contribution in [1.82, 2.24) is 0 Å². The summed E-state index contributed by atoms with van der Waals surface area (Å²) in [5.74, 6) is 1.16. The smallest absolute Gasteiger partial charge is 0.126 e. The van der Waals surface area contributed by atoms with Gasteiger partial charge < -0.3 is 4.74 Å². The highest BCUT2D eigenvalue weighted by Gasteiger charge is 2.23. The highest BCUT2D eigenvalue weighted by molar-refractivity contribution is 5.94. The first-order chi connectivity index (χ1) is 12.4. The number of hydrogen-bond donors (Lipinski definition) is 0. The van der Waals surface area contributed by atoms with Crippen molar-refractivity contribution in [2.75, 3.05) is 7.11 Å². The molecule has 0 radical (unpaired) electrons. The average molecular weight is 324 g/mol. The first-order valence-corrected chi connectivity index (χ1v) is 8.54. The molecule has 0 aliphatic heterocycles. The first-order valence-electron chi connectivity index (χ1n) is 8.54. The van der Waals surface area contributed by atoms with E-state index in [-0.39, 0.29) is 5.92 Å². The number of methoxy groups -OCH3 is 1. The quantitative estimate of drug-likeness (QED) is 0.575. The van der Waals surface area contributed by atoms with Gasteiger partial charge in [-0.2, -0.15) is 0 Å². The Bertz CT molecular complexity index is 921. The Morgan fingerprint density at radius 3 is 2.08 bits per heavy atom. The third-order valence-electron chi connectivity index (χ3n) is 4.68. The molecule has 0 N–H and O–H groups in total. The number of ether oxygens (including phenoxy) is 1. The highest BCUT2D eigenvalue weighted by atomic mass is 16.5. The van der Waals surface area contributed by atoms with Gasteiger partial charge in [-0.25, -0.2) is 0 Å². The predicted octanol–water partition coefficient (Wildman–Crippen LogP) is 5.96. The van der Waals surface area contributed by atoms with Gasteiger partial charge in [0, 0.05) is 11.5 Å². The van der Waals surface area contributed by atoms with Gasteiger partial charge in [0.25, 0.3) is 0 Å². The van der Waals surface area contributed by atoms with E-state index in [9.17, 15) is 0 Å². The summed E-state index contributed by atoms with van der Waals surface area (Å²) < 4.78 is 5.57. The molecule has 0 spiro atoms. The molecule has 3 aromatic rings. The highest BCUT2D eigenvalue weighted by Crippen LogP contribution is 2.44. The zero-order valence-corrected chi connectivity index (χ0v) is 14.2. The lowest BCUT2D eigenvalue weighted by Gasteiger charge is -2.14. The van der Waals surface area contributed by atoms with Gasteiger partial charge in [-0.05, 0) is 34.4 Å². The van der Waals surface area contributed by atoms with Crippen LogP contribution in [0.5, 0.6) is 5.75 Å². The molecular weight excluding hydrogens is 304 g/mol. The van der Waals surface area contributed by atoms with Crippen LogP contribution in [-0.2, 0) is 0 Å². The second-order valence-corrected chi connectivity index (χ2v) is 6.18. The molecule has 1 unspecified atom stereocenters. The molecule has 0 bridgehead atoms. The lowest BCUT2D eigenvalue weighted by molar-refractivity contribution is 0.413. The number of allylic oxidation sites excluding steroid dienone is 4. The minimum Gasteiger partial charge on any atom is -0.496 e. The van der Waals surface area contributed by atoms with E-state index >= 15 is 0 Å². The van der Waals surface area contributed by atoms with Crippen LogP contribution in [0.3, 0.4) is 0 Å². The molecule has 0 saturated carbocycles. The minimum absolute atomic E-state index is 0.253. The van der Waals surface area contributed by atoms with Crippen LogP contribution in [0.25, 0.3) is 11.1 Å². The van der Waals surface area contributed by atoms with Crippen molar-refractivity contribution in [3.05, 3.63) is 114 Å². The van der Waals surface area contributed by atoms with Gasteiger partial charge >= 0.3 is 0 Å². The Morgan fingerprint density at radius 2 is 1.36 bits per heavy atom. The molecule has 1 aliphatic carbocycles. The molecule has 0 saturated heterocycles. The monoisotopic (exact) mass is 324 g/mol. The van der Waals surface area contributed by atoms with Crippen LogP contribution in [0.2, 0.25) is 0 Å². The molecule has 1 atom stereocenters. The fraction of sp³-hybridized carbons (Fsp3) is 0.0833. The minimum atomic E-state index is 0.253. The average Bonchev–Trinajstić information content (AvgIpc) is 3.14. The van der Waals surface area contributed by atoms with Crippen molar-refractivity contribution < 1.29 is 4.74 Å². The Kier molecular flexibility index (Phi) is 4.22. The molecule has 122 valence electrons. The summed E-state index contributed by atoms with van der Waals surface area (Å²) in [4.78, 5) is 0. The van der Waals surface area contributed by atoms with Gasteiger partial charge in [0.05, 0.1) is 7.11 Å². The van der Waals surface area contributed by atoms with Gasteiger partial charge in [-0.15, -0.1) is 0 Å². The van der Waals surface area contributed by atoms with Crippen molar-refractivity contribution in [3.63, 3.8) is 0 Å². The van der Waals surface area contributed by atoms with E-state index in [0.29, 0.717) is 0 Å². The van der Waals surface area contributed by atoms with Crippen LogP contribution >= 0.6 is 0 Å². The Hall–Kier alpha value is -3.06. The maximum atomic E-state index is 5.57. The summed E-state index contributed by atoms with van der Waals surface area (Å²) in [6.45, 7) is 0. The first kappa shape index (κ1) is 15.5. The summed E-state index contributed by atoms with van der Waals surface area (Å²) in [6, 6.07) is 29.5. The van der Waals surface area contributed by atoms with Crippen LogP contribution < -0.4 is 4.74 Å². The lowest BCUT2D eigenvalue weighted by Crippen LogP contribution is -1.96. The van der Waals surface area contributed by atoms with Crippen molar-refractivity contribution >= 4 is 11.1 Å². The van der Waals surface area contributed by atoms with Gasteiger partial charge in [-0.1, -0.05) is 84.9 Å². The Balaban J connectivity index is 1.84. The molecule has 0 heterocycles. The van der Waals surface area contributed by atoms with Gasteiger partial charge in [-0.3, -0.25) is 0 Å². The standard InChI is InChI=1S/C24H20O/c1-25-24-15-9-8-14-21(24)20-16-22(18-10-4-2-5-11-18)23(17-20)19-12-6-3-7-13-19/h2-17,22H,1H3. The summed E-state index contributed by atoms with van der Waals surface area (Å²) in [5, 5.41) is 0. The number of rotatable bonds is 4. The molecule has 0 amide bonds. The van der Waals surface area contributed by atoms with Crippen LogP contribution in [-0.4, -0.2) is 7.11 Å². The number of benzene rings is 3. The van der Waals surface area contributed by atoms with E-state index in [2.05, 4.69) is 84.9 Å². The largest absolute Gasteiger partial charge is 0.496 e. The van der Waals surface area contributed by atoms with Crippen molar-refractivity contribution in [2.24, 2.45) is 0 Å². The zero-order valence-electron chi connectivity index (χ0n) is 14.2. The fourth-order valence-corrected chi connectivity index (χ4v) is 3.46. The van der Waals surface area contributed by atoms with Crippen molar-refractivity contribution in [2.45, 2.75) is 5.92 Å². The third kappa shape index (κ3) is 3.01. The summed E-state index contributed by atoms with van der Waals surface area (Å²) in [5.41, 5.74) is 6.25. The fourth-order valence-electron chi connectivity index (χ4n) is 3.46. The molecule has 0 fully saturated rings. The van der Waals surface area contributed by atoms with Gasteiger partial charge in [0.1, 0.15) is 5.75 Å². The molecule has 1 heteroatoms. The summed E-state index contributed by atoms with van der Waals surface area (Å²) in [6.07, 6.45) is 4.64. The lowest BCUT2D eigenvalue weighted by atomic mass is 9.89. The van der Waals surface area contributed by atoms with E-state index < -0.39 is 0 Å². The molecule has 25 heavy (non-hydrogen) atoms. The normalized spacial score (nSPS) is 16.3. The van der Waals surface area contributed by atoms with Crippen LogP contribution in [0.1, 0.15) is 22.6 Å². The SMILES string of the molecule is COc1ccccc1C1=CC(c2ccccc2)C(c2ccccc2)=C1. The second-order valence-electron chi connectivity index (χ2n) is 6.18. The van der Waals surface area contributed by atoms with E-state index in [1.165, 1.54) is 22.3 Å². The Morgan fingerprint density at radius 1 is 0.720 bits per heavy atom. The maximum absolute atomic E-state index is 5.57. The molecule has 0 aromatic heterocycles. The van der Waals surface area contributed by atoms with E-state index in [1.54, 1.807) is 7.11 Å².